The molecular weight excluding hydrogens is 601 g/mol. The minimum absolute atomic E-state index is 0.177. The highest BCUT2D eigenvalue weighted by molar-refractivity contribution is 8.26. The van der Waals surface area contributed by atoms with Crippen LogP contribution in [0.1, 0.15) is 25.0 Å². The maximum Gasteiger partial charge on any atom is 0.266 e. The van der Waals surface area contributed by atoms with Crippen LogP contribution in [-0.2, 0) is 26.1 Å². The lowest BCUT2D eigenvalue weighted by Gasteiger charge is -2.34. The highest BCUT2D eigenvalue weighted by atomic mass is 32.2. The molecule has 0 spiro atoms. The van der Waals surface area contributed by atoms with Gasteiger partial charge in [-0.1, -0.05) is 84.6 Å². The summed E-state index contributed by atoms with van der Waals surface area (Å²) >= 11 is 6.83. The number of ether oxygens (including phenoxy) is 1. The number of morpholine rings is 1. The molecule has 2 aliphatic rings. The van der Waals surface area contributed by atoms with Crippen molar-refractivity contribution in [3.63, 3.8) is 0 Å². The van der Waals surface area contributed by atoms with Crippen molar-refractivity contribution < 1.29 is 17.9 Å². The molecule has 8 nitrogen and oxygen atoms in total. The monoisotopic (exact) mass is 630 g/mol. The molecule has 0 saturated carbocycles. The van der Waals surface area contributed by atoms with E-state index in [9.17, 15) is 13.2 Å². The van der Waals surface area contributed by atoms with Crippen LogP contribution in [0.2, 0.25) is 0 Å². The van der Waals surface area contributed by atoms with E-state index in [1.807, 2.05) is 86.8 Å². The van der Waals surface area contributed by atoms with Gasteiger partial charge in [0.15, 0.2) is 0 Å². The van der Waals surface area contributed by atoms with Gasteiger partial charge < -0.3 is 4.74 Å². The topological polar surface area (TPSA) is 84.7 Å². The number of hydrogen-bond acceptors (Lipinski definition) is 7. The fourth-order valence-electron chi connectivity index (χ4n) is 5.25. The van der Waals surface area contributed by atoms with E-state index in [-0.39, 0.29) is 36.1 Å². The first-order chi connectivity index (χ1) is 20.7. The lowest BCUT2D eigenvalue weighted by Crippen LogP contribution is -2.48. The molecule has 0 N–H and O–H groups in total. The van der Waals surface area contributed by atoms with Gasteiger partial charge in [-0.25, -0.2) is 13.1 Å². The molecule has 0 bridgehead atoms. The maximum absolute atomic E-state index is 13.7. The molecule has 4 aromatic rings. The number of carbonyl (C=O) groups is 1. The van der Waals surface area contributed by atoms with E-state index in [1.165, 1.54) is 16.1 Å². The van der Waals surface area contributed by atoms with E-state index >= 15 is 0 Å². The number of benzene rings is 3. The summed E-state index contributed by atoms with van der Waals surface area (Å²) in [6.07, 6.45) is 3.24. The van der Waals surface area contributed by atoms with Gasteiger partial charge in [0.1, 0.15) is 10.0 Å². The fraction of sp³-hybridized carbons (Fsp3) is 0.219. The quantitative estimate of drug-likeness (QED) is 0.190. The zero-order valence-electron chi connectivity index (χ0n) is 23.7. The van der Waals surface area contributed by atoms with Gasteiger partial charge in [-0.05, 0) is 49.8 Å². The molecule has 0 radical (unpaired) electrons. The summed E-state index contributed by atoms with van der Waals surface area (Å²) in [6.45, 7) is 4.71. The smallest absolute Gasteiger partial charge is 0.266 e. The van der Waals surface area contributed by atoms with Crippen LogP contribution in [0.4, 0.5) is 0 Å². The fourth-order valence-corrected chi connectivity index (χ4v) is 8.14. The van der Waals surface area contributed by atoms with Crippen molar-refractivity contribution in [2.24, 2.45) is 0 Å². The first-order valence-corrected chi connectivity index (χ1v) is 16.6. The molecule has 0 aliphatic carbocycles. The number of thioether (sulfide) groups is 1. The summed E-state index contributed by atoms with van der Waals surface area (Å²) in [7, 11) is -3.77. The lowest BCUT2D eigenvalue weighted by molar-refractivity contribution is -0.122. The molecule has 2 atom stereocenters. The van der Waals surface area contributed by atoms with Crippen LogP contribution in [0.25, 0.3) is 23.0 Å². The summed E-state index contributed by atoms with van der Waals surface area (Å²) in [5, 5.41) is 4.86. The Kier molecular flexibility index (Phi) is 8.34. The van der Waals surface area contributed by atoms with Crippen molar-refractivity contribution >= 4 is 50.3 Å². The Morgan fingerprint density at radius 3 is 2.35 bits per heavy atom. The van der Waals surface area contributed by atoms with Crippen LogP contribution < -0.4 is 0 Å². The van der Waals surface area contributed by atoms with E-state index in [0.717, 1.165) is 11.3 Å². The standard InChI is InChI=1S/C32H30N4O4S3/c1-22-18-34(19-23(2)40-22)43(38,39)28-15-9-12-25(16-28)30-26(21-36(33-30)27-13-7-4-8-14-27)17-29-31(37)35(32(41)42-29)20-24-10-5-3-6-11-24/h3-17,21-23H,18-20H2,1-2H3/b29-17-. The second-order valence-electron chi connectivity index (χ2n) is 10.6. The minimum atomic E-state index is -3.77. The molecule has 220 valence electrons. The Balaban J connectivity index is 1.38. The molecular formula is C32H30N4O4S3. The average molecular weight is 631 g/mol. The number of nitrogens with zero attached hydrogens (tertiary/aromatic N) is 4. The van der Waals surface area contributed by atoms with Crippen LogP contribution in [0.15, 0.2) is 101 Å². The van der Waals surface area contributed by atoms with Crippen molar-refractivity contribution in [2.45, 2.75) is 37.5 Å². The number of para-hydroxylation sites is 1. The highest BCUT2D eigenvalue weighted by Gasteiger charge is 2.34. The first kappa shape index (κ1) is 29.5. The number of amides is 1. The maximum atomic E-state index is 13.7. The number of thiocarbonyl (C=S) groups is 1. The molecule has 2 unspecified atom stereocenters. The molecule has 2 fully saturated rings. The number of hydrogen-bond donors (Lipinski definition) is 0. The Bertz CT molecular complexity index is 1800. The van der Waals surface area contributed by atoms with Crippen molar-refractivity contribution in [1.29, 1.82) is 0 Å². The van der Waals surface area contributed by atoms with Crippen molar-refractivity contribution in [3.8, 4) is 16.9 Å². The molecule has 11 heteroatoms. The van der Waals surface area contributed by atoms with Crippen LogP contribution in [0.5, 0.6) is 0 Å². The number of carbonyl (C=O) groups excluding carboxylic acids is 1. The van der Waals surface area contributed by atoms with Gasteiger partial charge in [0, 0.05) is 30.4 Å². The second kappa shape index (κ2) is 12.2. The summed E-state index contributed by atoms with van der Waals surface area (Å²) in [5.41, 5.74) is 3.67. The Morgan fingerprint density at radius 2 is 1.65 bits per heavy atom. The molecule has 2 saturated heterocycles. The van der Waals surface area contributed by atoms with Crippen LogP contribution in [0, 0.1) is 0 Å². The third-order valence-corrected chi connectivity index (χ3v) is 10.4. The Morgan fingerprint density at radius 1 is 0.977 bits per heavy atom. The molecule has 1 aromatic heterocycles. The molecule has 1 amide bonds. The van der Waals surface area contributed by atoms with E-state index < -0.39 is 10.0 Å². The summed E-state index contributed by atoms with van der Waals surface area (Å²) in [4.78, 5) is 15.7. The van der Waals surface area contributed by atoms with E-state index in [0.29, 0.717) is 32.6 Å². The average Bonchev–Trinajstić information content (AvgIpc) is 3.54. The summed E-state index contributed by atoms with van der Waals surface area (Å²) in [5.74, 6) is -0.177. The SMILES string of the molecule is CC1CN(S(=O)(=O)c2cccc(-c3nn(-c4ccccc4)cc3/C=C3\SC(=S)N(Cc4ccccc4)C3=O)c2)CC(C)O1. The predicted octanol–water partition coefficient (Wildman–Crippen LogP) is 5.74. The van der Waals surface area contributed by atoms with Gasteiger partial charge in [-0.3, -0.25) is 9.69 Å². The van der Waals surface area contributed by atoms with Crippen molar-refractivity contribution in [1.82, 2.24) is 19.0 Å². The third kappa shape index (κ3) is 6.22. The second-order valence-corrected chi connectivity index (χ2v) is 14.2. The summed E-state index contributed by atoms with van der Waals surface area (Å²) in [6, 6.07) is 26.2. The number of aromatic nitrogens is 2. The normalized spacial score (nSPS) is 20.7. The molecule has 3 aromatic carbocycles. The first-order valence-electron chi connectivity index (χ1n) is 13.9. The molecule has 2 aliphatic heterocycles. The van der Waals surface area contributed by atoms with Crippen LogP contribution in [0.3, 0.4) is 0 Å². The van der Waals surface area contributed by atoms with Crippen LogP contribution >= 0.6 is 24.0 Å². The third-order valence-electron chi connectivity index (χ3n) is 7.24. The van der Waals surface area contributed by atoms with Crippen molar-refractivity contribution in [2.75, 3.05) is 13.1 Å². The number of sulfonamides is 1. The lowest BCUT2D eigenvalue weighted by atomic mass is 10.1. The molecule has 3 heterocycles. The molecule has 6 rings (SSSR count). The number of rotatable bonds is 7. The summed E-state index contributed by atoms with van der Waals surface area (Å²) < 4.78 is 36.8. The van der Waals surface area contributed by atoms with Gasteiger partial charge in [0.05, 0.1) is 34.2 Å². The predicted molar refractivity (Wildman–Crippen MR) is 173 cm³/mol. The minimum Gasteiger partial charge on any atom is -0.373 e. The van der Waals surface area contributed by atoms with Gasteiger partial charge in [-0.15, -0.1) is 0 Å². The van der Waals surface area contributed by atoms with E-state index in [2.05, 4.69) is 0 Å². The Hall–Kier alpha value is -3.61. The molecule has 43 heavy (non-hydrogen) atoms. The van der Waals surface area contributed by atoms with Gasteiger partial charge in [0.25, 0.3) is 5.91 Å². The van der Waals surface area contributed by atoms with E-state index in [1.54, 1.807) is 33.9 Å². The zero-order valence-corrected chi connectivity index (χ0v) is 26.1. The van der Waals surface area contributed by atoms with Crippen molar-refractivity contribution in [3.05, 3.63) is 107 Å². The van der Waals surface area contributed by atoms with E-state index in [4.69, 9.17) is 22.1 Å². The zero-order chi connectivity index (χ0) is 30.1. The van der Waals surface area contributed by atoms with Crippen LogP contribution in [-0.4, -0.2) is 62.9 Å². The largest absolute Gasteiger partial charge is 0.373 e. The van der Waals surface area contributed by atoms with Gasteiger partial charge in [-0.2, -0.15) is 9.40 Å². The van der Waals surface area contributed by atoms with Gasteiger partial charge in [0.2, 0.25) is 10.0 Å². The van der Waals surface area contributed by atoms with Gasteiger partial charge >= 0.3 is 0 Å². The Labute approximate surface area is 261 Å². The highest BCUT2D eigenvalue weighted by Crippen LogP contribution is 2.36.